The van der Waals surface area contributed by atoms with Gasteiger partial charge in [-0.25, -0.2) is 4.57 Å². The molecule has 0 bridgehead atoms. The molecule has 0 saturated carbocycles. The van der Waals surface area contributed by atoms with Gasteiger partial charge in [0, 0.05) is 17.0 Å². The van der Waals surface area contributed by atoms with E-state index in [1.807, 2.05) is 0 Å². The van der Waals surface area contributed by atoms with Crippen molar-refractivity contribution in [1.29, 1.82) is 0 Å². The van der Waals surface area contributed by atoms with Crippen LogP contribution in [0.25, 0.3) is 43.6 Å². The first-order valence-electron chi connectivity index (χ1n) is 14.4. The van der Waals surface area contributed by atoms with Crippen molar-refractivity contribution >= 4 is 32.3 Å². The van der Waals surface area contributed by atoms with Gasteiger partial charge < -0.3 is 4.74 Å². The summed E-state index contributed by atoms with van der Waals surface area (Å²) in [6.07, 6.45) is 4.23. The van der Waals surface area contributed by atoms with Crippen molar-refractivity contribution in [2.75, 3.05) is 0 Å². The number of ether oxygens (including phenoxy) is 1. The molecule has 2 heteroatoms. The lowest BCUT2D eigenvalue weighted by molar-refractivity contribution is -0.659. The van der Waals surface area contributed by atoms with Gasteiger partial charge in [0.05, 0.1) is 10.9 Å². The zero-order chi connectivity index (χ0) is 28.0. The lowest BCUT2D eigenvalue weighted by atomic mass is 9.80. The van der Waals surface area contributed by atoms with Crippen LogP contribution in [0.5, 0.6) is 11.5 Å². The molecule has 2 nitrogen and oxygen atoms in total. The van der Waals surface area contributed by atoms with Gasteiger partial charge in [0.2, 0.25) is 5.69 Å². The molecule has 0 saturated heterocycles. The van der Waals surface area contributed by atoms with Crippen LogP contribution in [0, 0.1) is 31.6 Å². The Balaban J connectivity index is 1.79. The molecule has 2 heterocycles. The first-order chi connectivity index (χ1) is 18.2. The largest absolute Gasteiger partial charge is 0.455 e. The number of pyridine rings is 1. The summed E-state index contributed by atoms with van der Waals surface area (Å²) in [5.41, 5.74) is 9.64. The number of aromatic nitrogens is 1. The van der Waals surface area contributed by atoms with E-state index in [0.717, 1.165) is 24.3 Å². The molecule has 5 aromatic rings. The van der Waals surface area contributed by atoms with Crippen LogP contribution in [0.15, 0.2) is 48.7 Å². The molecular formula is C37H42NO+. The number of fused-ring (bicyclic) bond motifs is 5. The molecule has 1 aliphatic rings. The number of aryl methyl sites for hydroxylation is 3. The second-order valence-electron chi connectivity index (χ2n) is 14.3. The SMILES string of the molecule is Cc1cc2c(cc3c4c([n+](C)ccc42)-c2c(c(CC(C)(C)C)c4ccccc4c2C)O3)c(CC(C)(C)C)c1C. The fourth-order valence-corrected chi connectivity index (χ4v) is 6.72. The highest BCUT2D eigenvalue weighted by Crippen LogP contribution is 2.53. The normalized spacial score (nSPS) is 13.3. The van der Waals surface area contributed by atoms with Crippen molar-refractivity contribution in [3.63, 3.8) is 0 Å². The van der Waals surface area contributed by atoms with Crippen molar-refractivity contribution in [2.24, 2.45) is 17.9 Å². The average molecular weight is 517 g/mol. The molecule has 200 valence electrons. The summed E-state index contributed by atoms with van der Waals surface area (Å²) in [6.45, 7) is 20.8. The van der Waals surface area contributed by atoms with Crippen LogP contribution >= 0.6 is 0 Å². The van der Waals surface area contributed by atoms with Crippen LogP contribution in [0.4, 0.5) is 0 Å². The van der Waals surface area contributed by atoms with Gasteiger partial charge in [-0.05, 0) is 94.3 Å². The van der Waals surface area contributed by atoms with Crippen molar-refractivity contribution in [2.45, 2.75) is 75.2 Å². The summed E-state index contributed by atoms with van der Waals surface area (Å²) in [5, 5.41) is 7.79. The van der Waals surface area contributed by atoms with Crippen LogP contribution in [0.3, 0.4) is 0 Å². The predicted molar refractivity (Wildman–Crippen MR) is 166 cm³/mol. The maximum Gasteiger partial charge on any atom is 0.228 e. The summed E-state index contributed by atoms with van der Waals surface area (Å²) in [6, 6.07) is 15.9. The molecule has 0 unspecified atom stereocenters. The number of benzene rings is 4. The van der Waals surface area contributed by atoms with E-state index in [0.29, 0.717) is 0 Å². The monoisotopic (exact) mass is 516 g/mol. The third-order valence-electron chi connectivity index (χ3n) is 8.55. The van der Waals surface area contributed by atoms with Crippen molar-refractivity contribution in [3.8, 4) is 22.8 Å². The van der Waals surface area contributed by atoms with Crippen molar-refractivity contribution < 1.29 is 9.30 Å². The molecule has 1 aromatic heterocycles. The maximum absolute atomic E-state index is 7.12. The molecule has 0 spiro atoms. The van der Waals surface area contributed by atoms with E-state index in [1.54, 1.807) is 0 Å². The summed E-state index contributed by atoms with van der Waals surface area (Å²) in [7, 11) is 2.18. The van der Waals surface area contributed by atoms with Gasteiger partial charge in [-0.3, -0.25) is 0 Å². The zero-order valence-corrected chi connectivity index (χ0v) is 25.4. The molecule has 6 rings (SSSR count). The Morgan fingerprint density at radius 3 is 2.00 bits per heavy atom. The smallest absolute Gasteiger partial charge is 0.228 e. The number of hydrogen-bond acceptors (Lipinski definition) is 1. The number of nitrogens with zero attached hydrogens (tertiary/aromatic N) is 1. The second-order valence-corrected chi connectivity index (χ2v) is 14.3. The van der Waals surface area contributed by atoms with E-state index in [2.05, 4.69) is 123 Å². The van der Waals surface area contributed by atoms with Crippen LogP contribution < -0.4 is 9.30 Å². The zero-order valence-electron chi connectivity index (χ0n) is 25.4. The molecule has 4 aromatic carbocycles. The van der Waals surface area contributed by atoms with Crippen LogP contribution in [0.1, 0.15) is 69.4 Å². The van der Waals surface area contributed by atoms with Gasteiger partial charge in [-0.2, -0.15) is 0 Å². The molecule has 1 aliphatic heterocycles. The topological polar surface area (TPSA) is 13.1 Å². The standard InChI is InChI=1S/C37H42NO/c1-21-17-27-26-15-16-38(10)34-32-23(3)24-13-11-12-14-25(24)30(20-37(7,8)9)35(32)39-31(33(26)34)18-28(27)29(22(21)2)19-36(4,5)6/h11-18H,19-20H2,1-10H3/q+1. The number of rotatable bonds is 2. The van der Waals surface area contributed by atoms with E-state index in [4.69, 9.17) is 4.74 Å². The van der Waals surface area contributed by atoms with E-state index in [-0.39, 0.29) is 10.8 Å². The van der Waals surface area contributed by atoms with Gasteiger partial charge in [0.1, 0.15) is 18.5 Å². The fraction of sp³-hybridized carbons (Fsp3) is 0.378. The van der Waals surface area contributed by atoms with Gasteiger partial charge in [0.25, 0.3) is 0 Å². The quantitative estimate of drug-likeness (QED) is 0.165. The van der Waals surface area contributed by atoms with Crippen LogP contribution in [-0.2, 0) is 19.9 Å². The van der Waals surface area contributed by atoms with E-state index < -0.39 is 0 Å². The summed E-state index contributed by atoms with van der Waals surface area (Å²) < 4.78 is 9.42. The van der Waals surface area contributed by atoms with E-state index in [1.165, 1.54) is 71.4 Å². The maximum atomic E-state index is 7.12. The molecule has 0 fully saturated rings. The Bertz CT molecular complexity index is 1830. The molecular weight excluding hydrogens is 474 g/mol. The minimum atomic E-state index is 0.127. The Morgan fingerprint density at radius 2 is 1.33 bits per heavy atom. The molecule has 39 heavy (non-hydrogen) atoms. The highest BCUT2D eigenvalue weighted by Gasteiger charge is 2.34. The fourth-order valence-electron chi connectivity index (χ4n) is 6.72. The Morgan fingerprint density at radius 1 is 0.692 bits per heavy atom. The molecule has 0 atom stereocenters. The third kappa shape index (κ3) is 4.11. The first kappa shape index (κ1) is 25.9. The minimum Gasteiger partial charge on any atom is -0.455 e. The van der Waals surface area contributed by atoms with E-state index >= 15 is 0 Å². The number of hydrogen-bond donors (Lipinski definition) is 0. The minimum absolute atomic E-state index is 0.127. The Hall–Kier alpha value is -3.39. The third-order valence-corrected chi connectivity index (χ3v) is 8.55. The highest BCUT2D eigenvalue weighted by molar-refractivity contribution is 6.17. The van der Waals surface area contributed by atoms with E-state index in [9.17, 15) is 0 Å². The van der Waals surface area contributed by atoms with Crippen LogP contribution in [-0.4, -0.2) is 0 Å². The second kappa shape index (κ2) is 8.55. The van der Waals surface area contributed by atoms with Gasteiger partial charge >= 0.3 is 0 Å². The van der Waals surface area contributed by atoms with Gasteiger partial charge in [-0.1, -0.05) is 71.9 Å². The summed E-state index contributed by atoms with van der Waals surface area (Å²) in [4.78, 5) is 0. The predicted octanol–water partition coefficient (Wildman–Crippen LogP) is 9.85. The summed E-state index contributed by atoms with van der Waals surface area (Å²) >= 11 is 0. The molecule has 0 amide bonds. The lowest BCUT2D eigenvalue weighted by Gasteiger charge is -2.29. The Labute approximate surface area is 233 Å². The molecule has 0 N–H and O–H groups in total. The van der Waals surface area contributed by atoms with Gasteiger partial charge in [0.15, 0.2) is 6.20 Å². The van der Waals surface area contributed by atoms with Gasteiger partial charge in [-0.15, -0.1) is 0 Å². The lowest BCUT2D eigenvalue weighted by Crippen LogP contribution is -2.32. The average Bonchev–Trinajstić information content (AvgIpc) is 2.85. The van der Waals surface area contributed by atoms with Crippen molar-refractivity contribution in [3.05, 3.63) is 76.5 Å². The van der Waals surface area contributed by atoms with Crippen molar-refractivity contribution in [1.82, 2.24) is 0 Å². The Kier molecular flexibility index (Phi) is 5.67. The van der Waals surface area contributed by atoms with Crippen LogP contribution in [0.2, 0.25) is 0 Å². The summed E-state index contributed by atoms with van der Waals surface area (Å²) in [5.74, 6) is 2.02. The molecule has 0 radical (unpaired) electrons. The molecule has 0 aliphatic carbocycles. The highest BCUT2D eigenvalue weighted by atomic mass is 16.5. The first-order valence-corrected chi connectivity index (χ1v) is 14.4.